The summed E-state index contributed by atoms with van der Waals surface area (Å²) in [6.45, 7) is 0. The van der Waals surface area contributed by atoms with Gasteiger partial charge >= 0.3 is 0 Å². The predicted molar refractivity (Wildman–Crippen MR) is 234 cm³/mol. The van der Waals surface area contributed by atoms with E-state index in [1.807, 2.05) is 84.9 Å². The van der Waals surface area contributed by atoms with Crippen LogP contribution >= 0.6 is 0 Å². The van der Waals surface area contributed by atoms with Crippen LogP contribution in [-0.2, 0) is 0 Å². The minimum Gasteiger partial charge on any atom is -0.454 e. The van der Waals surface area contributed by atoms with Crippen LogP contribution in [0, 0.1) is 0 Å². The van der Waals surface area contributed by atoms with E-state index in [-0.39, 0.29) is 5.69 Å². The van der Waals surface area contributed by atoms with E-state index in [1.54, 1.807) is 29.2 Å². The average molecular weight is 735 g/mol. The lowest BCUT2D eigenvalue weighted by atomic mass is 9.89. The molecule has 1 aliphatic rings. The van der Waals surface area contributed by atoms with E-state index in [2.05, 4.69) is 0 Å². The van der Waals surface area contributed by atoms with Gasteiger partial charge in [0.05, 0.1) is 31.7 Å². The highest BCUT2D eigenvalue weighted by Gasteiger charge is 2.27. The van der Waals surface area contributed by atoms with Crippen molar-refractivity contribution in [3.05, 3.63) is 224 Å². The number of rotatable bonds is 7. The molecule has 1 aliphatic heterocycles. The van der Waals surface area contributed by atoms with Crippen molar-refractivity contribution >= 4 is 17.1 Å². The largest absolute Gasteiger partial charge is 0.454 e. The Labute approximate surface area is 354 Å². The Morgan fingerprint density at radius 1 is 0.339 bits per heavy atom. The molecule has 56 heavy (non-hydrogen) atoms. The highest BCUT2D eigenvalue weighted by molar-refractivity contribution is 5.98. The van der Waals surface area contributed by atoms with Crippen LogP contribution in [0.15, 0.2) is 224 Å². The van der Waals surface area contributed by atoms with Crippen molar-refractivity contribution < 1.29 is 30.8 Å². The molecule has 0 saturated carbocycles. The third-order valence-electron chi connectivity index (χ3n) is 9.29. The Hall–Kier alpha value is -7.42. The first-order valence-corrected chi connectivity index (χ1v) is 17.5. The van der Waals surface area contributed by atoms with Crippen LogP contribution < -0.4 is 9.64 Å². The molecule has 264 valence electrons. The van der Waals surface area contributed by atoms with Gasteiger partial charge < -0.3 is 9.64 Å². The van der Waals surface area contributed by atoms with Crippen molar-refractivity contribution in [2.45, 2.75) is 0 Å². The number of anilines is 3. The van der Waals surface area contributed by atoms with Gasteiger partial charge in [0.1, 0.15) is 5.75 Å². The van der Waals surface area contributed by atoms with E-state index in [1.165, 1.54) is 0 Å². The Kier molecular flexibility index (Phi) is 4.83. The molecule has 9 aromatic carbocycles. The maximum Gasteiger partial charge on any atom is 0.159 e. The third-order valence-corrected chi connectivity index (χ3v) is 9.29. The SMILES string of the molecule is [2H]c1c([2H])c([2H])c(-c2c([2H])c([2H])c3c(c2[2H])-c2c([2H])c([2H])c(-c4c([2H])c([2H])c([2H])c([2H])c4[2H])c([2H])c2-c2c([2H])c([2H])c([2H])c(N(c4ccc(-c5ccccc5)cc4)c4ccc(-c5ccccc5)cc4)c2O3)c([2H])c1[2H]. The van der Waals surface area contributed by atoms with Crippen molar-refractivity contribution in [2.75, 3.05) is 4.90 Å². The molecule has 0 aliphatic carbocycles. The van der Waals surface area contributed by atoms with Crippen LogP contribution in [0.25, 0.3) is 66.8 Å². The monoisotopic (exact) mass is 734 g/mol. The molecule has 1 heterocycles. The minimum absolute atomic E-state index is 0.276. The van der Waals surface area contributed by atoms with Gasteiger partial charge in [0.25, 0.3) is 0 Å². The normalized spacial score (nSPS) is 16.1. The number of hydrogen-bond acceptors (Lipinski definition) is 2. The zero-order valence-corrected chi connectivity index (χ0v) is 29.2. The molecule has 2 heteroatoms. The number of benzene rings is 9. The van der Waals surface area contributed by atoms with Crippen molar-refractivity contribution in [2.24, 2.45) is 0 Å². The van der Waals surface area contributed by atoms with Gasteiger partial charge in [-0.05, 0) is 104 Å². The Bertz CT molecular complexity index is 3750. The van der Waals surface area contributed by atoms with Gasteiger partial charge in [-0.15, -0.1) is 0 Å². The summed E-state index contributed by atoms with van der Waals surface area (Å²) in [6.07, 6.45) is 0. The topological polar surface area (TPSA) is 12.5 Å². The predicted octanol–water partition coefficient (Wildman–Crippen LogP) is 15.3. The van der Waals surface area contributed by atoms with Crippen molar-refractivity contribution in [3.8, 4) is 78.3 Å². The summed E-state index contributed by atoms with van der Waals surface area (Å²) < 4.78 is 180. The highest BCUT2D eigenvalue weighted by Crippen LogP contribution is 2.53. The molecule has 10 rings (SSSR count). The van der Waals surface area contributed by atoms with E-state index in [0.717, 1.165) is 22.3 Å². The number of para-hydroxylation sites is 1. The minimum atomic E-state index is -0.912. The maximum atomic E-state index is 10.1. The van der Waals surface area contributed by atoms with Crippen molar-refractivity contribution in [1.29, 1.82) is 0 Å². The number of hydrogen-bond donors (Lipinski definition) is 0. The summed E-state index contributed by atoms with van der Waals surface area (Å²) in [5, 5.41) is 0. The number of fused-ring (bicyclic) bond motifs is 5. The Balaban J connectivity index is 1.38. The molecular weight excluding hydrogens is 679 g/mol. The van der Waals surface area contributed by atoms with Crippen molar-refractivity contribution in [3.63, 3.8) is 0 Å². The summed E-state index contributed by atoms with van der Waals surface area (Å²) in [7, 11) is 0. The summed E-state index contributed by atoms with van der Waals surface area (Å²) in [4.78, 5) is 1.54. The molecule has 0 amide bonds. The fraction of sp³-hybridized carbons (Fsp3) is 0. The molecule has 0 radical (unpaired) electrons. The van der Waals surface area contributed by atoms with Gasteiger partial charge in [-0.1, -0.05) is 176 Å². The molecule has 0 N–H and O–H groups in total. The summed E-state index contributed by atoms with van der Waals surface area (Å²) in [5.74, 6) is -1.21. The van der Waals surface area contributed by atoms with Gasteiger partial charge in [0.2, 0.25) is 0 Å². The van der Waals surface area contributed by atoms with Gasteiger partial charge in [-0.3, -0.25) is 0 Å². The summed E-state index contributed by atoms with van der Waals surface area (Å²) >= 11 is 0. The van der Waals surface area contributed by atoms with Crippen LogP contribution in [-0.4, -0.2) is 0 Å². The Morgan fingerprint density at radius 3 is 1.39 bits per heavy atom. The molecule has 9 aromatic rings. The molecule has 2 nitrogen and oxygen atoms in total. The smallest absolute Gasteiger partial charge is 0.159 e. The van der Waals surface area contributed by atoms with Gasteiger partial charge in [0.15, 0.2) is 5.75 Å². The first-order chi connectivity index (χ1) is 35.7. The lowest BCUT2D eigenvalue weighted by Crippen LogP contribution is -2.11. The lowest BCUT2D eigenvalue weighted by molar-refractivity contribution is 0.489. The summed E-state index contributed by atoms with van der Waals surface area (Å²) in [5.41, 5.74) is -1.16. The van der Waals surface area contributed by atoms with Gasteiger partial charge in [-0.25, -0.2) is 0 Å². The second-order valence-corrected chi connectivity index (χ2v) is 12.6. The second kappa shape index (κ2) is 14.4. The zero-order valence-electron chi connectivity index (χ0n) is 48.2. The fourth-order valence-electron chi connectivity index (χ4n) is 6.62. The van der Waals surface area contributed by atoms with Crippen LogP contribution in [0.5, 0.6) is 11.5 Å². The maximum absolute atomic E-state index is 10.1. The van der Waals surface area contributed by atoms with E-state index in [4.69, 9.17) is 18.4 Å². The summed E-state index contributed by atoms with van der Waals surface area (Å²) in [6, 6.07) is 17.5. The number of nitrogens with zero attached hydrogens (tertiary/aromatic N) is 1. The lowest BCUT2D eigenvalue weighted by Gasteiger charge is -2.28. The van der Waals surface area contributed by atoms with E-state index >= 15 is 0 Å². The molecule has 0 spiro atoms. The average Bonchev–Trinajstić information content (AvgIpc) is 3.59. The Morgan fingerprint density at radius 2 is 0.839 bits per heavy atom. The number of ether oxygens (including phenoxy) is 1. The first-order valence-electron chi connectivity index (χ1n) is 27.0. The molecular formula is C54H37NO. The van der Waals surface area contributed by atoms with Crippen LogP contribution in [0.3, 0.4) is 0 Å². The van der Waals surface area contributed by atoms with E-state index < -0.39 is 171 Å². The zero-order chi connectivity index (χ0) is 53.8. The molecule has 0 saturated heterocycles. The highest BCUT2D eigenvalue weighted by atomic mass is 16.5. The third kappa shape index (κ3) is 6.24. The van der Waals surface area contributed by atoms with Crippen LogP contribution in [0.2, 0.25) is 0 Å². The first kappa shape index (κ1) is 18.8. The molecule has 0 bridgehead atoms. The van der Waals surface area contributed by atoms with Gasteiger partial charge in [0, 0.05) is 22.5 Å². The molecule has 0 aromatic heterocycles. The standard InChI is InChI=1S/C54H37NO/c1-5-14-38(15-6-1)42-24-30-46(31-25-42)55(47-32-26-43(27-33-47)39-16-7-2-8-17-39)52-23-13-22-49-50-36-44(40-18-9-3-10-19-40)28-34-48(50)51-37-45(41-20-11-4-12-21-41)29-35-53(51)56-54(49)52/h1-37H/i3D,4D,9D,10D,11D,12D,13D,18D,19D,20D,21D,22D,23D,28D,29D,34D,35D,36D,37D. The molecule has 0 unspecified atom stereocenters. The quantitative estimate of drug-likeness (QED) is 0.162. The van der Waals surface area contributed by atoms with Gasteiger partial charge in [-0.2, -0.15) is 0 Å². The van der Waals surface area contributed by atoms with Crippen LogP contribution in [0.4, 0.5) is 17.1 Å². The van der Waals surface area contributed by atoms with E-state index in [9.17, 15) is 12.3 Å². The molecule has 0 fully saturated rings. The second-order valence-electron chi connectivity index (χ2n) is 12.6. The fourth-order valence-corrected chi connectivity index (χ4v) is 6.62. The van der Waals surface area contributed by atoms with E-state index in [0.29, 0.717) is 11.4 Å². The van der Waals surface area contributed by atoms with Crippen molar-refractivity contribution in [1.82, 2.24) is 0 Å². The van der Waals surface area contributed by atoms with Crippen LogP contribution in [0.1, 0.15) is 26.0 Å². The molecule has 0 atom stereocenters.